The van der Waals surface area contributed by atoms with Crippen molar-refractivity contribution >= 4 is 40.0 Å². The minimum Gasteiger partial charge on any atom is -0.361 e. The summed E-state index contributed by atoms with van der Waals surface area (Å²) < 4.78 is 25.2. The van der Waals surface area contributed by atoms with Gasteiger partial charge in [0.2, 0.25) is 5.91 Å². The number of rotatable bonds is 3. The third kappa shape index (κ3) is 4.58. The number of H-pyrrole nitrogens is 1. The molecule has 1 aromatic carbocycles. The quantitative estimate of drug-likeness (QED) is 0.649. The number of nitrogens with zero attached hydrogens (tertiary/aromatic N) is 1. The van der Waals surface area contributed by atoms with Crippen molar-refractivity contribution in [3.8, 4) is 0 Å². The molecule has 0 aliphatic carbocycles. The number of aromatic amines is 1. The largest absolute Gasteiger partial charge is 0.361 e. The van der Waals surface area contributed by atoms with Crippen molar-refractivity contribution in [2.24, 2.45) is 0 Å². The number of fused-ring (bicyclic) bond motifs is 1. The lowest BCUT2D eigenvalue weighted by Gasteiger charge is -2.08. The maximum Gasteiger partial charge on any atom is 0.325 e. The van der Waals surface area contributed by atoms with Gasteiger partial charge in [-0.25, -0.2) is 0 Å². The van der Waals surface area contributed by atoms with E-state index in [1.54, 1.807) is 29.3 Å². The minimum atomic E-state index is -3.18. The molecule has 3 nitrogen and oxygen atoms in total. The molecule has 1 fully saturated rings. The SMILES string of the molecule is FC(F)(Cl)Cc1cccc2[nH]ccc12.O=C1CCCN1CCl. The lowest BCUT2D eigenvalue weighted by atomic mass is 10.1. The van der Waals surface area contributed by atoms with Crippen LogP contribution in [0.15, 0.2) is 30.5 Å². The van der Waals surface area contributed by atoms with Gasteiger partial charge in [0.1, 0.15) is 0 Å². The maximum absolute atomic E-state index is 12.6. The van der Waals surface area contributed by atoms with Gasteiger partial charge in [-0.2, -0.15) is 8.78 Å². The van der Waals surface area contributed by atoms with Gasteiger partial charge in [-0.1, -0.05) is 12.1 Å². The molecule has 22 heavy (non-hydrogen) atoms. The molecule has 7 heteroatoms. The van der Waals surface area contributed by atoms with Crippen molar-refractivity contribution in [1.29, 1.82) is 0 Å². The van der Waals surface area contributed by atoms with Crippen LogP contribution in [0.5, 0.6) is 0 Å². The van der Waals surface area contributed by atoms with Crippen LogP contribution in [0.25, 0.3) is 10.9 Å². The Labute approximate surface area is 137 Å². The zero-order chi connectivity index (χ0) is 16.2. The van der Waals surface area contributed by atoms with Gasteiger partial charge in [0, 0.05) is 30.1 Å². The van der Waals surface area contributed by atoms with E-state index in [0.717, 1.165) is 23.9 Å². The van der Waals surface area contributed by atoms with E-state index in [4.69, 9.17) is 23.2 Å². The van der Waals surface area contributed by atoms with Crippen molar-refractivity contribution in [3.05, 3.63) is 36.0 Å². The van der Waals surface area contributed by atoms with Crippen LogP contribution in [0, 0.1) is 0 Å². The first kappa shape index (κ1) is 17.0. The molecule has 0 saturated carbocycles. The van der Waals surface area contributed by atoms with E-state index >= 15 is 0 Å². The highest BCUT2D eigenvalue weighted by Gasteiger charge is 2.25. The van der Waals surface area contributed by atoms with Crippen LogP contribution in [0.3, 0.4) is 0 Å². The minimum absolute atomic E-state index is 0.194. The monoisotopic (exact) mass is 348 g/mol. The van der Waals surface area contributed by atoms with E-state index in [2.05, 4.69) is 4.98 Å². The molecule has 0 radical (unpaired) electrons. The highest BCUT2D eigenvalue weighted by Crippen LogP contribution is 2.28. The van der Waals surface area contributed by atoms with E-state index < -0.39 is 11.8 Å². The number of hydrogen-bond donors (Lipinski definition) is 1. The van der Waals surface area contributed by atoms with Crippen molar-refractivity contribution in [3.63, 3.8) is 0 Å². The Balaban J connectivity index is 0.000000188. The van der Waals surface area contributed by atoms with Crippen LogP contribution in [0.4, 0.5) is 8.78 Å². The molecular weight excluding hydrogens is 333 g/mol. The first-order valence-corrected chi connectivity index (χ1v) is 7.77. The standard InChI is InChI=1S/C10H8ClF2N.C5H8ClNO/c11-10(12,13)6-7-2-1-3-9-8(7)4-5-14-9;6-4-7-3-1-2-5(7)8/h1-5,14H,6H2;1-4H2. The fourth-order valence-electron chi connectivity index (χ4n) is 2.35. The number of alkyl halides is 4. The summed E-state index contributed by atoms with van der Waals surface area (Å²) >= 11 is 10.3. The molecule has 1 amide bonds. The average molecular weight is 349 g/mol. The highest BCUT2D eigenvalue weighted by molar-refractivity contribution is 6.21. The van der Waals surface area contributed by atoms with Gasteiger partial charge in [0.05, 0.1) is 12.4 Å². The summed E-state index contributed by atoms with van der Waals surface area (Å²) in [6, 6.07) is 7.36. The number of aromatic nitrogens is 1. The molecule has 0 spiro atoms. The zero-order valence-corrected chi connectivity index (χ0v) is 13.3. The lowest BCUT2D eigenvalue weighted by molar-refractivity contribution is -0.126. The third-order valence-corrected chi connectivity index (χ3v) is 3.81. The molecule has 3 rings (SSSR count). The summed E-state index contributed by atoms with van der Waals surface area (Å²) in [5, 5.41) is -2.38. The second-order valence-corrected chi connectivity index (χ2v) is 5.82. The normalized spacial score (nSPS) is 15.1. The van der Waals surface area contributed by atoms with E-state index in [9.17, 15) is 13.6 Å². The number of likely N-dealkylation sites (tertiary alicyclic amines) is 1. The van der Waals surface area contributed by atoms with Gasteiger partial charge in [0.15, 0.2) is 0 Å². The maximum atomic E-state index is 12.6. The molecule has 1 aromatic heterocycles. The zero-order valence-electron chi connectivity index (χ0n) is 11.8. The highest BCUT2D eigenvalue weighted by atomic mass is 35.5. The fourth-order valence-corrected chi connectivity index (χ4v) is 2.75. The van der Waals surface area contributed by atoms with Crippen molar-refractivity contribution in [2.75, 3.05) is 12.5 Å². The van der Waals surface area contributed by atoms with Crippen LogP contribution in [0.2, 0.25) is 0 Å². The fraction of sp³-hybridized carbons (Fsp3) is 0.400. The number of carbonyl (C=O) groups excluding carboxylic acids is 1. The van der Waals surface area contributed by atoms with E-state index in [-0.39, 0.29) is 5.91 Å². The van der Waals surface area contributed by atoms with E-state index in [1.165, 1.54) is 0 Å². The summed E-state index contributed by atoms with van der Waals surface area (Å²) in [6.07, 6.45) is 2.95. The second-order valence-electron chi connectivity index (χ2n) is 5.03. The van der Waals surface area contributed by atoms with E-state index in [0.29, 0.717) is 18.0 Å². The predicted octanol–water partition coefficient (Wildman–Crippen LogP) is 4.35. The van der Waals surface area contributed by atoms with Crippen LogP contribution in [-0.4, -0.2) is 33.7 Å². The molecule has 0 unspecified atom stereocenters. The topological polar surface area (TPSA) is 36.1 Å². The first-order valence-electron chi connectivity index (χ1n) is 6.86. The van der Waals surface area contributed by atoms with Gasteiger partial charge in [-0.3, -0.25) is 4.79 Å². The Morgan fingerprint density at radius 2 is 2.09 bits per heavy atom. The Hall–Kier alpha value is -1.33. The van der Waals surface area contributed by atoms with Gasteiger partial charge in [-0.15, -0.1) is 11.6 Å². The smallest absolute Gasteiger partial charge is 0.325 e. The van der Waals surface area contributed by atoms with E-state index in [1.807, 2.05) is 6.07 Å². The molecule has 1 N–H and O–H groups in total. The molecule has 0 bridgehead atoms. The number of amides is 1. The number of halogens is 4. The van der Waals surface area contributed by atoms with Crippen LogP contribution < -0.4 is 0 Å². The Bertz CT molecular complexity index is 640. The van der Waals surface area contributed by atoms with Gasteiger partial charge >= 0.3 is 5.38 Å². The molecule has 1 saturated heterocycles. The number of hydrogen-bond acceptors (Lipinski definition) is 1. The van der Waals surface area contributed by atoms with Crippen molar-refractivity contribution in [1.82, 2.24) is 9.88 Å². The van der Waals surface area contributed by atoms with Crippen molar-refractivity contribution < 1.29 is 13.6 Å². The summed E-state index contributed by atoms with van der Waals surface area (Å²) in [4.78, 5) is 15.3. The van der Waals surface area contributed by atoms with Crippen LogP contribution in [0.1, 0.15) is 18.4 Å². The lowest BCUT2D eigenvalue weighted by Crippen LogP contribution is -2.22. The summed E-state index contributed by atoms with van der Waals surface area (Å²) in [6.45, 7) is 0.850. The molecule has 120 valence electrons. The molecule has 1 aliphatic rings. The number of benzene rings is 1. The Morgan fingerprint density at radius 1 is 1.32 bits per heavy atom. The Morgan fingerprint density at radius 3 is 2.64 bits per heavy atom. The Kier molecular flexibility index (Phi) is 5.64. The first-order chi connectivity index (χ1) is 10.4. The molecule has 2 aromatic rings. The predicted molar refractivity (Wildman–Crippen MR) is 84.5 cm³/mol. The number of nitrogens with one attached hydrogen (secondary N) is 1. The van der Waals surface area contributed by atoms with Gasteiger partial charge in [0.25, 0.3) is 0 Å². The number of carbonyl (C=O) groups is 1. The molecule has 1 aliphatic heterocycles. The molecule has 2 heterocycles. The second kappa shape index (κ2) is 7.29. The van der Waals surface area contributed by atoms with Crippen LogP contribution >= 0.6 is 23.2 Å². The van der Waals surface area contributed by atoms with Crippen molar-refractivity contribution in [2.45, 2.75) is 24.6 Å². The van der Waals surface area contributed by atoms with Gasteiger partial charge in [-0.05, 0) is 35.7 Å². The third-order valence-electron chi connectivity index (χ3n) is 3.39. The van der Waals surface area contributed by atoms with Crippen LogP contribution in [-0.2, 0) is 11.2 Å². The summed E-state index contributed by atoms with van der Waals surface area (Å²) in [5.41, 5.74) is 1.41. The van der Waals surface area contributed by atoms with Gasteiger partial charge < -0.3 is 9.88 Å². The summed E-state index contributed by atoms with van der Waals surface area (Å²) in [7, 11) is 0. The molecular formula is C15H16Cl2F2N2O. The summed E-state index contributed by atoms with van der Waals surface area (Å²) in [5.74, 6) is 0.194. The molecule has 0 atom stereocenters. The average Bonchev–Trinajstić information content (AvgIpc) is 3.06.